The van der Waals surface area contributed by atoms with Crippen LogP contribution in [0.15, 0.2) is 0 Å². The van der Waals surface area contributed by atoms with Crippen LogP contribution < -0.4 is 0 Å². The van der Waals surface area contributed by atoms with Crippen LogP contribution in [0.1, 0.15) is 26.7 Å². The van der Waals surface area contributed by atoms with Gasteiger partial charge in [0.05, 0.1) is 0 Å². The van der Waals surface area contributed by atoms with Gasteiger partial charge in [-0.1, -0.05) is 38.3 Å². The summed E-state index contributed by atoms with van der Waals surface area (Å²) in [6.07, 6.45) is 2.95. The predicted octanol–water partition coefficient (Wildman–Crippen LogP) is 1.83. The highest BCUT2D eigenvalue weighted by Crippen LogP contribution is 2.30. The Morgan fingerprint density at radius 2 is 1.57 bits per heavy atom. The minimum Gasteiger partial charge on any atom is -0.0694 e. The fraction of sp³-hybridized carbons (Fsp3) is 1.00. The Morgan fingerprint density at radius 1 is 1.14 bits per heavy atom. The van der Waals surface area contributed by atoms with Gasteiger partial charge in [-0.3, -0.25) is 0 Å². The Labute approximate surface area is 46.5 Å². The second-order valence-electron chi connectivity index (χ2n) is 3.02. The highest BCUT2D eigenvalue weighted by Gasteiger charge is 2.17. The van der Waals surface area contributed by atoms with Crippen LogP contribution in [0.4, 0.5) is 0 Å². The first-order valence-corrected chi connectivity index (χ1v) is 3.29. The van der Waals surface area contributed by atoms with Gasteiger partial charge in [0.15, 0.2) is 0 Å². The van der Waals surface area contributed by atoms with E-state index in [1.165, 1.54) is 20.1 Å². The molecule has 1 saturated heterocycles. The van der Waals surface area contributed by atoms with Gasteiger partial charge >= 0.3 is 0 Å². The Hall–Kier alpha value is 0.0649. The van der Waals surface area contributed by atoms with Crippen molar-refractivity contribution in [1.29, 1.82) is 0 Å². The molecule has 0 nitrogen and oxygen atoms in total. The van der Waals surface area contributed by atoms with E-state index in [2.05, 4.69) is 13.8 Å². The van der Waals surface area contributed by atoms with Crippen molar-refractivity contribution in [3.63, 3.8) is 0 Å². The molecular formula is C6H13B. The molecule has 1 fully saturated rings. The Kier molecular flexibility index (Phi) is 1.41. The molecule has 2 atom stereocenters. The Bertz CT molecular complexity index is 53.2. The van der Waals surface area contributed by atoms with Gasteiger partial charge in [0, 0.05) is 0 Å². The van der Waals surface area contributed by atoms with Crippen molar-refractivity contribution in [2.75, 3.05) is 0 Å². The molecule has 1 heteroatoms. The van der Waals surface area contributed by atoms with Crippen molar-refractivity contribution in [1.82, 2.24) is 0 Å². The minimum atomic E-state index is 1.02. The molecule has 1 heterocycles. The second kappa shape index (κ2) is 1.89. The van der Waals surface area contributed by atoms with E-state index in [0.29, 0.717) is 0 Å². The Balaban J connectivity index is 2.26. The highest BCUT2D eigenvalue weighted by molar-refractivity contribution is 6.40. The highest BCUT2D eigenvalue weighted by atomic mass is 14.1. The lowest BCUT2D eigenvalue weighted by molar-refractivity contribution is 0.765. The van der Waals surface area contributed by atoms with Gasteiger partial charge < -0.3 is 0 Å². The van der Waals surface area contributed by atoms with Gasteiger partial charge in [0.2, 0.25) is 0 Å². The number of rotatable bonds is 0. The normalized spacial score (nSPS) is 40.9. The fourth-order valence-electron chi connectivity index (χ4n) is 1.49. The van der Waals surface area contributed by atoms with Crippen molar-refractivity contribution in [3.8, 4) is 0 Å². The van der Waals surface area contributed by atoms with Crippen molar-refractivity contribution in [2.45, 2.75) is 38.3 Å². The predicted molar refractivity (Wildman–Crippen MR) is 35.2 cm³/mol. The monoisotopic (exact) mass is 96.1 g/mol. The lowest BCUT2D eigenvalue weighted by atomic mass is 9.62. The van der Waals surface area contributed by atoms with Crippen LogP contribution in [0, 0.1) is 0 Å². The zero-order chi connectivity index (χ0) is 5.28. The van der Waals surface area contributed by atoms with Crippen LogP contribution in [-0.4, -0.2) is 7.28 Å². The first kappa shape index (κ1) is 5.21. The summed E-state index contributed by atoms with van der Waals surface area (Å²) in [6, 6.07) is 0. The zero-order valence-electron chi connectivity index (χ0n) is 5.28. The molecule has 40 valence electrons. The molecule has 1 aliphatic rings. The maximum atomic E-state index is 2.35. The van der Waals surface area contributed by atoms with Gasteiger partial charge in [0.25, 0.3) is 0 Å². The van der Waals surface area contributed by atoms with Crippen molar-refractivity contribution in [3.05, 3.63) is 0 Å². The average molecular weight is 96.0 g/mol. The summed E-state index contributed by atoms with van der Waals surface area (Å²) in [5.74, 6) is 2.05. The van der Waals surface area contributed by atoms with Gasteiger partial charge in [-0.25, -0.2) is 0 Å². The largest absolute Gasteiger partial charge is 0.126 e. The molecule has 0 N–H and O–H groups in total. The third-order valence-corrected chi connectivity index (χ3v) is 1.96. The molecule has 0 aromatic heterocycles. The standard InChI is InChI=1S/C6H13B/c1-5-3-4-6(2)7-5/h5-7H,3-4H2,1-2H3/t5-,6?/m1/s1. The van der Waals surface area contributed by atoms with Gasteiger partial charge in [0.1, 0.15) is 7.28 Å². The fourth-order valence-corrected chi connectivity index (χ4v) is 1.49. The summed E-state index contributed by atoms with van der Waals surface area (Å²) in [7, 11) is 1.47. The van der Waals surface area contributed by atoms with Crippen molar-refractivity contribution >= 4 is 7.28 Å². The van der Waals surface area contributed by atoms with Gasteiger partial charge in [-0.15, -0.1) is 0 Å². The summed E-state index contributed by atoms with van der Waals surface area (Å²) < 4.78 is 0. The van der Waals surface area contributed by atoms with E-state index in [1.54, 1.807) is 0 Å². The van der Waals surface area contributed by atoms with E-state index in [0.717, 1.165) is 11.6 Å². The molecule has 1 unspecified atom stereocenters. The van der Waals surface area contributed by atoms with E-state index in [4.69, 9.17) is 0 Å². The SMILES string of the molecule is CC1B[C@H](C)CC1. The maximum Gasteiger partial charge on any atom is 0.126 e. The lowest BCUT2D eigenvalue weighted by Crippen LogP contribution is -1.91. The third-order valence-electron chi connectivity index (χ3n) is 1.96. The molecule has 0 aromatic carbocycles. The second-order valence-corrected chi connectivity index (χ2v) is 3.02. The van der Waals surface area contributed by atoms with E-state index in [9.17, 15) is 0 Å². The minimum absolute atomic E-state index is 1.02. The van der Waals surface area contributed by atoms with E-state index >= 15 is 0 Å². The molecule has 0 spiro atoms. The van der Waals surface area contributed by atoms with Crippen LogP contribution >= 0.6 is 0 Å². The first-order chi connectivity index (χ1) is 3.29. The molecule has 0 saturated carbocycles. The molecule has 0 bridgehead atoms. The zero-order valence-corrected chi connectivity index (χ0v) is 5.28. The Morgan fingerprint density at radius 3 is 1.71 bits per heavy atom. The number of hydrogen-bond acceptors (Lipinski definition) is 0. The van der Waals surface area contributed by atoms with Crippen LogP contribution in [0.25, 0.3) is 0 Å². The molecule has 0 amide bonds. The summed E-state index contributed by atoms with van der Waals surface area (Å²) in [4.78, 5) is 0. The molecular weight excluding hydrogens is 82.9 g/mol. The summed E-state index contributed by atoms with van der Waals surface area (Å²) in [6.45, 7) is 4.70. The molecule has 7 heavy (non-hydrogen) atoms. The summed E-state index contributed by atoms with van der Waals surface area (Å²) in [5.41, 5.74) is 0. The van der Waals surface area contributed by atoms with Crippen molar-refractivity contribution < 1.29 is 0 Å². The quantitative estimate of drug-likeness (QED) is 0.403. The molecule has 0 aromatic rings. The third kappa shape index (κ3) is 1.22. The smallest absolute Gasteiger partial charge is 0.0694 e. The van der Waals surface area contributed by atoms with E-state index < -0.39 is 0 Å². The van der Waals surface area contributed by atoms with Crippen LogP contribution in [0.3, 0.4) is 0 Å². The maximum absolute atomic E-state index is 2.35. The molecule has 0 radical (unpaired) electrons. The van der Waals surface area contributed by atoms with E-state index in [1.807, 2.05) is 0 Å². The summed E-state index contributed by atoms with van der Waals surface area (Å²) >= 11 is 0. The molecule has 0 aliphatic carbocycles. The topological polar surface area (TPSA) is 0 Å². The van der Waals surface area contributed by atoms with Crippen LogP contribution in [0.2, 0.25) is 11.6 Å². The first-order valence-electron chi connectivity index (χ1n) is 3.29. The van der Waals surface area contributed by atoms with Gasteiger partial charge in [-0.2, -0.15) is 0 Å². The summed E-state index contributed by atoms with van der Waals surface area (Å²) in [5, 5.41) is 0. The van der Waals surface area contributed by atoms with Crippen LogP contribution in [-0.2, 0) is 0 Å². The van der Waals surface area contributed by atoms with Crippen LogP contribution in [0.5, 0.6) is 0 Å². The number of hydrogen-bond donors (Lipinski definition) is 0. The molecule has 1 rings (SSSR count). The molecule has 1 aliphatic heterocycles. The lowest BCUT2D eigenvalue weighted by Gasteiger charge is -1.93. The van der Waals surface area contributed by atoms with Gasteiger partial charge in [-0.05, 0) is 0 Å². The van der Waals surface area contributed by atoms with E-state index in [-0.39, 0.29) is 0 Å². The average Bonchev–Trinajstić information content (AvgIpc) is 1.87. The van der Waals surface area contributed by atoms with Crippen molar-refractivity contribution in [2.24, 2.45) is 0 Å².